The first kappa shape index (κ1) is 26.4. The van der Waals surface area contributed by atoms with Gasteiger partial charge in [0.1, 0.15) is 17.5 Å². The van der Waals surface area contributed by atoms with Gasteiger partial charge in [0.05, 0.1) is 19.3 Å². The maximum atomic E-state index is 14.2. The zero-order valence-corrected chi connectivity index (χ0v) is 25.6. The number of aromatic nitrogens is 1. The first-order valence-electron chi connectivity index (χ1n) is 16.1. The van der Waals surface area contributed by atoms with Crippen LogP contribution in [0.5, 0.6) is 11.5 Å². The maximum Gasteiger partial charge on any atom is 0.270 e. The van der Waals surface area contributed by atoms with Crippen molar-refractivity contribution in [3.05, 3.63) is 76.1 Å². The average molecular weight is 594 g/mol. The van der Waals surface area contributed by atoms with Gasteiger partial charge in [0.25, 0.3) is 5.91 Å². The van der Waals surface area contributed by atoms with Crippen LogP contribution < -0.4 is 19.7 Å². The number of aromatic amines is 1. The quantitative estimate of drug-likeness (QED) is 0.482. The van der Waals surface area contributed by atoms with E-state index in [-0.39, 0.29) is 23.3 Å². The summed E-state index contributed by atoms with van der Waals surface area (Å²) in [5, 5.41) is 3.26. The first-order valence-corrected chi connectivity index (χ1v) is 16.1. The molecule has 1 aromatic heterocycles. The van der Waals surface area contributed by atoms with Crippen LogP contribution in [0.15, 0.2) is 42.5 Å². The molecular formula is C35H39N5O4. The minimum Gasteiger partial charge on any atom is -0.493 e. The number of para-hydroxylation sites is 1. The van der Waals surface area contributed by atoms with Gasteiger partial charge in [-0.05, 0) is 80.6 Å². The Morgan fingerprint density at radius 2 is 1.84 bits per heavy atom. The van der Waals surface area contributed by atoms with Gasteiger partial charge in [-0.25, -0.2) is 0 Å². The molecule has 2 bridgehead atoms. The lowest BCUT2D eigenvalue weighted by Gasteiger charge is -2.57. The largest absolute Gasteiger partial charge is 0.493 e. The summed E-state index contributed by atoms with van der Waals surface area (Å²) < 4.78 is 12.8. The standard InChI is InChI=1S/C35H39N5O4/c1-20-23-18-24-25-17-21-9-10-26(43-3)31-28(21)35(24,13-14-38(25)2)32(44-31)30(23)36-29(20)33(42)39-15-11-34(12-16-39)37-27(41)19-40(34)22-7-5-4-6-8-22/h4-10,24-25,32,36H,11-19H2,1-3H3,(H,37,41)/t24-,25+,32-,35?/m0/s1. The molecule has 4 aliphatic heterocycles. The summed E-state index contributed by atoms with van der Waals surface area (Å²) in [6.45, 7) is 4.64. The lowest BCUT2D eigenvalue weighted by atomic mass is 9.51. The monoisotopic (exact) mass is 593 g/mol. The molecule has 0 radical (unpaired) electrons. The molecule has 228 valence electrons. The SMILES string of the molecule is COc1ccc2c3c1O[C@H]1c4[nH]c(C(=O)N5CCC6(CC5)NC(=O)CN6c5ccccc5)c(C)c4C[C@H]4[C@@H](C2)N(C)CCC314. The summed E-state index contributed by atoms with van der Waals surface area (Å²) in [5.74, 6) is 2.20. The minimum atomic E-state index is -0.460. The van der Waals surface area contributed by atoms with Crippen LogP contribution in [-0.2, 0) is 23.1 Å². The number of fused-ring (bicyclic) bond motifs is 2. The molecule has 2 N–H and O–H groups in total. The number of methoxy groups -OCH3 is 1. The van der Waals surface area contributed by atoms with Crippen LogP contribution >= 0.6 is 0 Å². The highest BCUT2D eigenvalue weighted by Crippen LogP contribution is 2.67. The Kier molecular flexibility index (Phi) is 5.42. The van der Waals surface area contributed by atoms with Crippen molar-refractivity contribution in [2.24, 2.45) is 5.92 Å². The number of hydrogen-bond acceptors (Lipinski definition) is 6. The van der Waals surface area contributed by atoms with E-state index in [0.29, 0.717) is 50.1 Å². The molecule has 44 heavy (non-hydrogen) atoms. The average Bonchev–Trinajstić information content (AvgIpc) is 3.67. The Labute approximate surface area is 257 Å². The molecule has 6 aliphatic rings. The Hall–Kier alpha value is -3.98. The fraction of sp³-hybridized carbons (Fsp3) is 0.486. The van der Waals surface area contributed by atoms with Crippen molar-refractivity contribution in [2.45, 2.75) is 62.3 Å². The number of carbonyl (C=O) groups excluding carboxylic acids is 2. The Bertz CT molecular complexity index is 1710. The number of rotatable bonds is 3. The van der Waals surface area contributed by atoms with Crippen molar-refractivity contribution in [1.82, 2.24) is 20.1 Å². The number of amides is 2. The van der Waals surface area contributed by atoms with Crippen LogP contribution in [0.3, 0.4) is 0 Å². The molecule has 3 aromatic rings. The molecule has 9 nitrogen and oxygen atoms in total. The van der Waals surface area contributed by atoms with Crippen molar-refractivity contribution < 1.29 is 19.1 Å². The number of hydrogen-bond donors (Lipinski definition) is 2. The van der Waals surface area contributed by atoms with E-state index in [1.54, 1.807) is 7.11 Å². The zero-order chi connectivity index (χ0) is 30.0. The second-order valence-electron chi connectivity index (χ2n) is 13.8. The van der Waals surface area contributed by atoms with Crippen molar-refractivity contribution in [2.75, 3.05) is 45.2 Å². The Morgan fingerprint density at radius 1 is 1.05 bits per heavy atom. The van der Waals surface area contributed by atoms with Crippen LogP contribution in [-0.4, -0.2) is 78.6 Å². The summed E-state index contributed by atoms with van der Waals surface area (Å²) in [4.78, 5) is 37.2. The van der Waals surface area contributed by atoms with Gasteiger partial charge in [0.2, 0.25) is 5.91 Å². The van der Waals surface area contributed by atoms with E-state index in [4.69, 9.17) is 9.47 Å². The number of likely N-dealkylation sites (tertiary alicyclic amines) is 2. The van der Waals surface area contributed by atoms with Crippen LogP contribution in [0.1, 0.15) is 63.8 Å². The summed E-state index contributed by atoms with van der Waals surface area (Å²) in [6.07, 6.45) is 4.19. The van der Waals surface area contributed by atoms with Gasteiger partial charge in [-0.2, -0.15) is 0 Å². The molecule has 2 aromatic carbocycles. The molecule has 1 unspecified atom stereocenters. The van der Waals surface area contributed by atoms with E-state index >= 15 is 0 Å². The molecule has 2 amide bonds. The smallest absolute Gasteiger partial charge is 0.270 e. The second kappa shape index (κ2) is 9.03. The van der Waals surface area contributed by atoms with Gasteiger partial charge >= 0.3 is 0 Å². The summed E-state index contributed by atoms with van der Waals surface area (Å²) in [5.41, 5.74) is 7.26. The molecule has 2 spiro atoms. The second-order valence-corrected chi connectivity index (χ2v) is 13.8. The van der Waals surface area contributed by atoms with Gasteiger partial charge in [-0.3, -0.25) is 9.59 Å². The Morgan fingerprint density at radius 3 is 2.61 bits per heavy atom. The molecule has 9 heteroatoms. The maximum absolute atomic E-state index is 14.2. The number of benzene rings is 2. The lowest BCUT2D eigenvalue weighted by Crippen LogP contribution is -2.62. The van der Waals surface area contributed by atoms with Gasteiger partial charge < -0.3 is 34.5 Å². The van der Waals surface area contributed by atoms with Gasteiger partial charge in [-0.15, -0.1) is 0 Å². The third kappa shape index (κ3) is 3.28. The highest BCUT2D eigenvalue weighted by molar-refractivity contribution is 5.95. The number of likely N-dealkylation sites (N-methyl/N-ethyl adjacent to an activating group) is 1. The van der Waals surface area contributed by atoms with Crippen LogP contribution in [0.4, 0.5) is 5.69 Å². The van der Waals surface area contributed by atoms with Gasteiger partial charge in [0.15, 0.2) is 11.5 Å². The number of nitrogens with zero attached hydrogens (tertiary/aromatic N) is 3. The fourth-order valence-electron chi connectivity index (χ4n) is 9.89. The molecule has 5 heterocycles. The van der Waals surface area contributed by atoms with E-state index < -0.39 is 5.66 Å². The molecule has 0 saturated carbocycles. The van der Waals surface area contributed by atoms with Crippen LogP contribution in [0, 0.1) is 12.8 Å². The third-order valence-corrected chi connectivity index (χ3v) is 12.0. The molecular weight excluding hydrogens is 554 g/mol. The number of piperidine rings is 2. The van der Waals surface area contributed by atoms with Crippen LogP contribution in [0.25, 0.3) is 0 Å². The predicted octanol–water partition coefficient (Wildman–Crippen LogP) is 3.70. The highest BCUT2D eigenvalue weighted by atomic mass is 16.5. The third-order valence-electron chi connectivity index (χ3n) is 12.0. The number of carbonyl (C=O) groups is 2. The van der Waals surface area contributed by atoms with E-state index in [2.05, 4.69) is 58.3 Å². The molecule has 3 saturated heterocycles. The summed E-state index contributed by atoms with van der Waals surface area (Å²) >= 11 is 0. The summed E-state index contributed by atoms with van der Waals surface area (Å²) in [6, 6.07) is 14.9. The first-order chi connectivity index (χ1) is 21.3. The number of ether oxygens (including phenoxy) is 2. The van der Waals surface area contributed by atoms with Gasteiger partial charge in [-0.1, -0.05) is 24.3 Å². The number of H-pyrrole nitrogens is 1. The molecule has 2 aliphatic carbocycles. The molecule has 4 atom stereocenters. The van der Waals surface area contributed by atoms with Crippen molar-refractivity contribution in [3.8, 4) is 11.5 Å². The lowest BCUT2D eigenvalue weighted by molar-refractivity contribution is -0.119. The van der Waals surface area contributed by atoms with Gasteiger partial charge in [0, 0.05) is 48.6 Å². The molecule has 9 rings (SSSR count). The van der Waals surface area contributed by atoms with E-state index in [1.165, 1.54) is 16.7 Å². The predicted molar refractivity (Wildman–Crippen MR) is 165 cm³/mol. The summed E-state index contributed by atoms with van der Waals surface area (Å²) in [7, 11) is 3.99. The minimum absolute atomic E-state index is 0.0376. The van der Waals surface area contributed by atoms with Crippen molar-refractivity contribution in [1.29, 1.82) is 0 Å². The zero-order valence-electron chi connectivity index (χ0n) is 25.6. The van der Waals surface area contributed by atoms with E-state index in [1.807, 2.05) is 23.1 Å². The van der Waals surface area contributed by atoms with Crippen molar-refractivity contribution >= 4 is 17.5 Å². The number of anilines is 1. The van der Waals surface area contributed by atoms with E-state index in [0.717, 1.165) is 54.3 Å². The number of nitrogens with one attached hydrogen (secondary N) is 2. The highest BCUT2D eigenvalue weighted by Gasteiger charge is 2.65. The van der Waals surface area contributed by atoms with Crippen molar-refractivity contribution in [3.63, 3.8) is 0 Å². The Balaban J connectivity index is 1.04. The van der Waals surface area contributed by atoms with Crippen LogP contribution in [0.2, 0.25) is 0 Å². The fourth-order valence-corrected chi connectivity index (χ4v) is 9.89. The molecule has 3 fully saturated rings. The topological polar surface area (TPSA) is 90.1 Å². The van der Waals surface area contributed by atoms with E-state index in [9.17, 15) is 9.59 Å². The normalized spacial score (nSPS) is 29.2.